The lowest BCUT2D eigenvalue weighted by molar-refractivity contribution is -0.143. The van der Waals surface area contributed by atoms with Crippen molar-refractivity contribution in [1.82, 2.24) is 20.0 Å². The summed E-state index contributed by atoms with van der Waals surface area (Å²) in [5.41, 5.74) is 3.86. The van der Waals surface area contributed by atoms with Crippen LogP contribution in [0.25, 0.3) is 5.69 Å². The van der Waals surface area contributed by atoms with Gasteiger partial charge >= 0.3 is 12.0 Å². The third kappa shape index (κ3) is 3.87. The zero-order valence-corrected chi connectivity index (χ0v) is 15.1. The Morgan fingerprint density at radius 1 is 1.31 bits per heavy atom. The molecule has 0 saturated carbocycles. The van der Waals surface area contributed by atoms with Gasteiger partial charge in [-0.3, -0.25) is 4.79 Å². The predicted molar refractivity (Wildman–Crippen MR) is 97.2 cm³/mol. The molecule has 3 rings (SSSR count). The van der Waals surface area contributed by atoms with E-state index in [1.165, 1.54) is 0 Å². The molecule has 1 fully saturated rings. The molecule has 1 aromatic carbocycles. The zero-order chi connectivity index (χ0) is 18.7. The van der Waals surface area contributed by atoms with Gasteiger partial charge < -0.3 is 15.3 Å². The van der Waals surface area contributed by atoms with Crippen LogP contribution < -0.4 is 5.32 Å². The number of rotatable bonds is 4. The predicted octanol–water partition coefficient (Wildman–Crippen LogP) is 2.50. The molecule has 138 valence electrons. The number of likely N-dealkylation sites (tertiary alicyclic amines) is 1. The molecule has 7 nitrogen and oxygen atoms in total. The second-order valence-corrected chi connectivity index (χ2v) is 6.75. The quantitative estimate of drug-likeness (QED) is 0.881. The molecule has 1 aromatic heterocycles. The highest BCUT2D eigenvalue weighted by Crippen LogP contribution is 2.19. The number of hydrogen-bond donors (Lipinski definition) is 2. The highest BCUT2D eigenvalue weighted by molar-refractivity contribution is 5.76. The van der Waals surface area contributed by atoms with Crippen LogP contribution in [0.5, 0.6) is 0 Å². The summed E-state index contributed by atoms with van der Waals surface area (Å²) >= 11 is 0. The minimum Gasteiger partial charge on any atom is -0.481 e. The molecular formula is C19H24N4O3. The van der Waals surface area contributed by atoms with Crippen molar-refractivity contribution in [2.24, 2.45) is 5.92 Å². The first-order chi connectivity index (χ1) is 12.5. The summed E-state index contributed by atoms with van der Waals surface area (Å²) in [4.78, 5) is 25.2. The van der Waals surface area contributed by atoms with Crippen LogP contribution >= 0.6 is 0 Å². The topological polar surface area (TPSA) is 87.5 Å². The fourth-order valence-electron chi connectivity index (χ4n) is 3.39. The van der Waals surface area contributed by atoms with Gasteiger partial charge in [0, 0.05) is 25.3 Å². The lowest BCUT2D eigenvalue weighted by atomic mass is 9.99. The number of aliphatic carboxylic acids is 1. The number of nitrogens with zero attached hydrogens (tertiary/aromatic N) is 3. The number of urea groups is 1. The Kier molecular flexibility index (Phi) is 5.25. The van der Waals surface area contributed by atoms with Gasteiger partial charge in [0.15, 0.2) is 0 Å². The van der Waals surface area contributed by atoms with Crippen molar-refractivity contribution in [2.45, 2.75) is 33.2 Å². The number of carbonyl (C=O) groups excluding carboxylic acids is 1. The molecule has 1 unspecified atom stereocenters. The van der Waals surface area contributed by atoms with E-state index in [4.69, 9.17) is 5.11 Å². The Morgan fingerprint density at radius 2 is 2.08 bits per heavy atom. The number of aryl methyl sites for hydroxylation is 2. The van der Waals surface area contributed by atoms with Crippen molar-refractivity contribution >= 4 is 12.0 Å². The van der Waals surface area contributed by atoms with Crippen molar-refractivity contribution in [3.8, 4) is 5.69 Å². The zero-order valence-electron chi connectivity index (χ0n) is 15.1. The van der Waals surface area contributed by atoms with E-state index in [9.17, 15) is 9.59 Å². The van der Waals surface area contributed by atoms with E-state index in [-0.39, 0.29) is 12.6 Å². The maximum absolute atomic E-state index is 12.5. The first-order valence-electron chi connectivity index (χ1n) is 8.83. The molecule has 1 saturated heterocycles. The van der Waals surface area contributed by atoms with Crippen LogP contribution in [-0.2, 0) is 11.3 Å². The normalized spacial score (nSPS) is 17.2. The SMILES string of the molecule is Cc1cc(C)n(-c2ccccc2CNC(=O)N2CCCC(C(=O)O)C2)n1. The van der Waals surface area contributed by atoms with Crippen molar-refractivity contribution < 1.29 is 14.7 Å². The number of carboxylic acids is 1. The van der Waals surface area contributed by atoms with Gasteiger partial charge in [-0.05, 0) is 44.4 Å². The molecule has 0 bridgehead atoms. The van der Waals surface area contributed by atoms with Gasteiger partial charge in [0.2, 0.25) is 0 Å². The van der Waals surface area contributed by atoms with Crippen LogP contribution in [0.15, 0.2) is 30.3 Å². The number of aromatic nitrogens is 2. The molecule has 26 heavy (non-hydrogen) atoms. The minimum absolute atomic E-state index is 0.223. The number of nitrogens with one attached hydrogen (secondary N) is 1. The Balaban J connectivity index is 1.69. The van der Waals surface area contributed by atoms with E-state index < -0.39 is 11.9 Å². The summed E-state index contributed by atoms with van der Waals surface area (Å²) in [6.07, 6.45) is 1.34. The van der Waals surface area contributed by atoms with Gasteiger partial charge in [-0.1, -0.05) is 18.2 Å². The number of hydrogen-bond acceptors (Lipinski definition) is 3. The fraction of sp³-hybridized carbons (Fsp3) is 0.421. The third-order valence-electron chi connectivity index (χ3n) is 4.72. The highest BCUT2D eigenvalue weighted by atomic mass is 16.4. The lowest BCUT2D eigenvalue weighted by Gasteiger charge is -2.30. The summed E-state index contributed by atoms with van der Waals surface area (Å²) in [5, 5.41) is 16.6. The van der Waals surface area contributed by atoms with E-state index in [2.05, 4.69) is 10.4 Å². The smallest absolute Gasteiger partial charge is 0.317 e. The van der Waals surface area contributed by atoms with Gasteiger partial charge in [-0.25, -0.2) is 9.48 Å². The number of benzene rings is 1. The molecule has 2 aromatic rings. The van der Waals surface area contributed by atoms with Crippen LogP contribution in [0, 0.1) is 19.8 Å². The van der Waals surface area contributed by atoms with Gasteiger partial charge in [0.05, 0.1) is 17.3 Å². The molecule has 2 amide bonds. The largest absolute Gasteiger partial charge is 0.481 e. The molecular weight excluding hydrogens is 332 g/mol. The Labute approximate surface area is 152 Å². The second kappa shape index (κ2) is 7.59. The van der Waals surface area contributed by atoms with Crippen LogP contribution in [0.2, 0.25) is 0 Å². The van der Waals surface area contributed by atoms with Crippen LogP contribution in [-0.4, -0.2) is 44.9 Å². The van der Waals surface area contributed by atoms with E-state index in [0.717, 1.165) is 22.6 Å². The molecule has 1 aliphatic heterocycles. The number of piperidine rings is 1. The van der Waals surface area contributed by atoms with Gasteiger partial charge in [0.1, 0.15) is 0 Å². The van der Waals surface area contributed by atoms with Gasteiger partial charge in [0.25, 0.3) is 0 Å². The number of carbonyl (C=O) groups is 2. The van der Waals surface area contributed by atoms with E-state index in [0.29, 0.717) is 25.9 Å². The molecule has 0 aliphatic carbocycles. The standard InChI is InChI=1S/C19H24N4O3/c1-13-10-14(2)23(21-13)17-8-4-3-6-15(17)11-20-19(26)22-9-5-7-16(12-22)18(24)25/h3-4,6,8,10,16H,5,7,9,11-12H2,1-2H3,(H,20,26)(H,24,25). The van der Waals surface area contributed by atoms with Crippen molar-refractivity contribution in [1.29, 1.82) is 0 Å². The Hall–Kier alpha value is -2.83. The van der Waals surface area contributed by atoms with Crippen molar-refractivity contribution in [2.75, 3.05) is 13.1 Å². The minimum atomic E-state index is -0.836. The lowest BCUT2D eigenvalue weighted by Crippen LogP contribution is -2.46. The third-order valence-corrected chi connectivity index (χ3v) is 4.72. The van der Waals surface area contributed by atoms with Crippen LogP contribution in [0.1, 0.15) is 29.8 Å². The Bertz CT molecular complexity index is 815. The molecule has 1 aliphatic rings. The number of para-hydroxylation sites is 1. The number of amides is 2. The summed E-state index contributed by atoms with van der Waals surface area (Å²) in [5.74, 6) is -1.31. The summed E-state index contributed by atoms with van der Waals surface area (Å²) < 4.78 is 1.87. The van der Waals surface area contributed by atoms with Crippen molar-refractivity contribution in [3.05, 3.63) is 47.3 Å². The van der Waals surface area contributed by atoms with Crippen LogP contribution in [0.3, 0.4) is 0 Å². The highest BCUT2D eigenvalue weighted by Gasteiger charge is 2.28. The second-order valence-electron chi connectivity index (χ2n) is 6.75. The van der Waals surface area contributed by atoms with E-state index in [1.807, 2.05) is 48.9 Å². The van der Waals surface area contributed by atoms with E-state index in [1.54, 1.807) is 4.90 Å². The average Bonchev–Trinajstić information content (AvgIpc) is 2.98. The number of carboxylic acid groups (broad SMARTS) is 1. The van der Waals surface area contributed by atoms with Gasteiger partial charge in [-0.2, -0.15) is 5.10 Å². The van der Waals surface area contributed by atoms with Crippen molar-refractivity contribution in [3.63, 3.8) is 0 Å². The Morgan fingerprint density at radius 3 is 2.77 bits per heavy atom. The maximum Gasteiger partial charge on any atom is 0.317 e. The van der Waals surface area contributed by atoms with Crippen LogP contribution in [0.4, 0.5) is 4.79 Å². The molecule has 0 spiro atoms. The maximum atomic E-state index is 12.5. The molecule has 2 N–H and O–H groups in total. The first kappa shape index (κ1) is 18.0. The van der Waals surface area contributed by atoms with E-state index >= 15 is 0 Å². The monoisotopic (exact) mass is 356 g/mol. The molecule has 2 heterocycles. The summed E-state index contributed by atoms with van der Waals surface area (Å²) in [6.45, 7) is 5.16. The first-order valence-corrected chi connectivity index (χ1v) is 8.83. The van der Waals surface area contributed by atoms with Gasteiger partial charge in [-0.15, -0.1) is 0 Å². The molecule has 1 atom stereocenters. The summed E-state index contributed by atoms with van der Waals surface area (Å²) in [6, 6.07) is 9.59. The molecule has 7 heteroatoms. The average molecular weight is 356 g/mol. The fourth-order valence-corrected chi connectivity index (χ4v) is 3.39. The summed E-state index contributed by atoms with van der Waals surface area (Å²) in [7, 11) is 0. The molecule has 0 radical (unpaired) electrons.